The first-order chi connectivity index (χ1) is 13.1. The predicted molar refractivity (Wildman–Crippen MR) is 99.3 cm³/mol. The first-order valence-corrected chi connectivity index (χ1v) is 9.04. The summed E-state index contributed by atoms with van der Waals surface area (Å²) in [6, 6.07) is 1.94. The molecule has 0 saturated heterocycles. The number of alkyl halides is 3. The Bertz CT molecular complexity index is 922. The molecule has 0 spiro atoms. The van der Waals surface area contributed by atoms with Crippen LogP contribution >= 0.6 is 0 Å². The number of nitrogens with zero attached hydrogens (tertiary/aromatic N) is 2. The van der Waals surface area contributed by atoms with Gasteiger partial charge in [0.1, 0.15) is 6.04 Å². The Morgan fingerprint density at radius 3 is 2.54 bits per heavy atom. The lowest BCUT2D eigenvalue weighted by atomic mass is 10.1. The molecule has 1 aromatic carbocycles. The summed E-state index contributed by atoms with van der Waals surface area (Å²) in [6.07, 6.45) is -4.36. The Morgan fingerprint density at radius 2 is 1.93 bits per heavy atom. The zero-order valence-electron chi connectivity index (χ0n) is 16.3. The van der Waals surface area contributed by atoms with E-state index in [1.807, 2.05) is 6.92 Å². The maximum atomic E-state index is 13.3. The highest BCUT2D eigenvalue weighted by molar-refractivity contribution is 5.84. The van der Waals surface area contributed by atoms with Crippen molar-refractivity contribution in [3.63, 3.8) is 0 Å². The molecular formula is C19H24F3N3O3. The van der Waals surface area contributed by atoms with E-state index in [4.69, 9.17) is 4.74 Å². The SMILES string of the molecule is CCOCCCNC(=O)C(C)n1c(=O)c(C(F)(F)F)nc2cc(C)c(C)cc21. The van der Waals surface area contributed by atoms with Crippen LogP contribution in [0.1, 0.15) is 43.1 Å². The van der Waals surface area contributed by atoms with Crippen LogP contribution < -0.4 is 10.9 Å². The number of aryl methyl sites for hydroxylation is 2. The van der Waals surface area contributed by atoms with Crippen molar-refractivity contribution in [1.29, 1.82) is 0 Å². The van der Waals surface area contributed by atoms with Crippen molar-refractivity contribution in [2.75, 3.05) is 19.8 Å². The Labute approximate surface area is 160 Å². The molecule has 1 atom stereocenters. The normalized spacial score (nSPS) is 13.0. The highest BCUT2D eigenvalue weighted by Gasteiger charge is 2.38. The lowest BCUT2D eigenvalue weighted by Crippen LogP contribution is -2.39. The van der Waals surface area contributed by atoms with Crippen molar-refractivity contribution in [3.05, 3.63) is 39.3 Å². The quantitative estimate of drug-likeness (QED) is 0.726. The molecule has 0 aliphatic rings. The molecule has 0 bridgehead atoms. The molecule has 28 heavy (non-hydrogen) atoms. The molecule has 0 saturated carbocycles. The lowest BCUT2D eigenvalue weighted by Gasteiger charge is -2.20. The van der Waals surface area contributed by atoms with E-state index in [9.17, 15) is 22.8 Å². The van der Waals surface area contributed by atoms with Gasteiger partial charge in [0.05, 0.1) is 11.0 Å². The van der Waals surface area contributed by atoms with Gasteiger partial charge >= 0.3 is 6.18 Å². The van der Waals surface area contributed by atoms with E-state index in [0.29, 0.717) is 26.2 Å². The van der Waals surface area contributed by atoms with Crippen LogP contribution in [0.3, 0.4) is 0 Å². The summed E-state index contributed by atoms with van der Waals surface area (Å²) in [7, 11) is 0. The van der Waals surface area contributed by atoms with E-state index < -0.39 is 29.4 Å². The average molecular weight is 399 g/mol. The molecule has 154 valence electrons. The Hall–Kier alpha value is -2.42. The molecule has 2 rings (SSSR count). The third-order valence-electron chi connectivity index (χ3n) is 4.51. The van der Waals surface area contributed by atoms with Crippen molar-refractivity contribution in [2.24, 2.45) is 0 Å². The van der Waals surface area contributed by atoms with Crippen molar-refractivity contribution < 1.29 is 22.7 Å². The highest BCUT2D eigenvalue weighted by atomic mass is 19.4. The van der Waals surface area contributed by atoms with Crippen LogP contribution in [0.25, 0.3) is 11.0 Å². The number of nitrogens with one attached hydrogen (secondary N) is 1. The number of benzene rings is 1. The second-order valence-corrected chi connectivity index (χ2v) is 6.58. The number of rotatable bonds is 7. The van der Waals surface area contributed by atoms with Gasteiger partial charge in [0.2, 0.25) is 11.6 Å². The summed E-state index contributed by atoms with van der Waals surface area (Å²) in [5.74, 6) is -0.544. The van der Waals surface area contributed by atoms with Gasteiger partial charge in [-0.2, -0.15) is 13.2 Å². The molecule has 1 aromatic heterocycles. The van der Waals surface area contributed by atoms with Gasteiger partial charge in [-0.3, -0.25) is 14.2 Å². The van der Waals surface area contributed by atoms with E-state index in [1.54, 1.807) is 19.9 Å². The van der Waals surface area contributed by atoms with E-state index in [1.165, 1.54) is 13.0 Å². The van der Waals surface area contributed by atoms with Crippen LogP contribution in [0, 0.1) is 13.8 Å². The number of ether oxygens (including phenoxy) is 1. The Morgan fingerprint density at radius 1 is 1.29 bits per heavy atom. The fourth-order valence-corrected chi connectivity index (χ4v) is 2.82. The molecule has 6 nitrogen and oxygen atoms in total. The summed E-state index contributed by atoms with van der Waals surface area (Å²) in [5.41, 5.74) is -1.12. The van der Waals surface area contributed by atoms with Gasteiger partial charge in [0.15, 0.2) is 0 Å². The number of carbonyl (C=O) groups is 1. The zero-order valence-corrected chi connectivity index (χ0v) is 16.3. The van der Waals surface area contributed by atoms with Crippen LogP contribution in [-0.4, -0.2) is 35.2 Å². The molecule has 9 heteroatoms. The van der Waals surface area contributed by atoms with E-state index in [2.05, 4.69) is 10.3 Å². The van der Waals surface area contributed by atoms with Crippen molar-refractivity contribution in [1.82, 2.24) is 14.9 Å². The minimum atomic E-state index is -4.92. The third kappa shape index (κ3) is 4.70. The third-order valence-corrected chi connectivity index (χ3v) is 4.51. The monoisotopic (exact) mass is 399 g/mol. The van der Waals surface area contributed by atoms with Gasteiger partial charge in [-0.15, -0.1) is 0 Å². The zero-order chi connectivity index (χ0) is 21.1. The van der Waals surface area contributed by atoms with Crippen LogP contribution in [0.4, 0.5) is 13.2 Å². The number of hydrogen-bond acceptors (Lipinski definition) is 4. The summed E-state index contributed by atoms with van der Waals surface area (Å²) < 4.78 is 46.0. The van der Waals surface area contributed by atoms with Crippen LogP contribution in [0.5, 0.6) is 0 Å². The maximum Gasteiger partial charge on any atom is 0.438 e. The number of amides is 1. The molecule has 0 aliphatic carbocycles. The topological polar surface area (TPSA) is 73.2 Å². The largest absolute Gasteiger partial charge is 0.438 e. The number of fused-ring (bicyclic) bond motifs is 1. The Kier molecular flexibility index (Phi) is 6.82. The van der Waals surface area contributed by atoms with Crippen LogP contribution in [0.15, 0.2) is 16.9 Å². The van der Waals surface area contributed by atoms with Gasteiger partial charge in [0.25, 0.3) is 5.56 Å². The van der Waals surface area contributed by atoms with Crippen molar-refractivity contribution in [3.8, 4) is 0 Å². The van der Waals surface area contributed by atoms with E-state index >= 15 is 0 Å². The second-order valence-electron chi connectivity index (χ2n) is 6.58. The second kappa shape index (κ2) is 8.72. The molecule has 1 N–H and O–H groups in total. The van der Waals surface area contributed by atoms with E-state index in [0.717, 1.165) is 15.7 Å². The number of carbonyl (C=O) groups excluding carboxylic acids is 1. The first kappa shape index (κ1) is 21.9. The van der Waals surface area contributed by atoms with Crippen molar-refractivity contribution in [2.45, 2.75) is 46.3 Å². The fourth-order valence-electron chi connectivity index (χ4n) is 2.82. The van der Waals surface area contributed by atoms with Gasteiger partial charge in [-0.05, 0) is 57.4 Å². The number of aromatic nitrogens is 2. The van der Waals surface area contributed by atoms with E-state index in [-0.39, 0.29) is 11.0 Å². The summed E-state index contributed by atoms with van der Waals surface area (Å²) >= 11 is 0. The highest BCUT2D eigenvalue weighted by Crippen LogP contribution is 2.28. The molecule has 0 fully saturated rings. The summed E-state index contributed by atoms with van der Waals surface area (Å²) in [5, 5.41) is 2.64. The van der Waals surface area contributed by atoms with Crippen LogP contribution in [-0.2, 0) is 15.7 Å². The number of halogens is 3. The molecule has 0 radical (unpaired) electrons. The molecule has 1 heterocycles. The van der Waals surface area contributed by atoms with Gasteiger partial charge in [-0.25, -0.2) is 4.98 Å². The van der Waals surface area contributed by atoms with Crippen molar-refractivity contribution >= 4 is 16.9 Å². The fraction of sp³-hybridized carbons (Fsp3) is 0.526. The lowest BCUT2D eigenvalue weighted by molar-refractivity contribution is -0.142. The molecular weight excluding hydrogens is 375 g/mol. The molecule has 0 aliphatic heterocycles. The smallest absolute Gasteiger partial charge is 0.382 e. The Balaban J connectivity index is 2.48. The van der Waals surface area contributed by atoms with Gasteiger partial charge in [0, 0.05) is 19.8 Å². The molecule has 2 aromatic rings. The van der Waals surface area contributed by atoms with Gasteiger partial charge < -0.3 is 10.1 Å². The van der Waals surface area contributed by atoms with Gasteiger partial charge in [-0.1, -0.05) is 0 Å². The predicted octanol–water partition coefficient (Wildman–Crippen LogP) is 3.14. The standard InChI is InChI=1S/C19H24F3N3O3/c1-5-28-8-6-7-23-17(26)13(4)25-15-10-12(3)11(2)9-14(15)24-16(18(25)27)19(20,21)22/h9-10,13H,5-8H2,1-4H3,(H,23,26). The molecule has 1 unspecified atom stereocenters. The minimum Gasteiger partial charge on any atom is -0.382 e. The minimum absolute atomic E-state index is 0.0195. The van der Waals surface area contributed by atoms with Crippen LogP contribution in [0.2, 0.25) is 0 Å². The first-order valence-electron chi connectivity index (χ1n) is 9.04. The summed E-state index contributed by atoms with van der Waals surface area (Å²) in [4.78, 5) is 28.6. The summed E-state index contributed by atoms with van der Waals surface area (Å²) in [6.45, 7) is 8.08. The number of hydrogen-bond donors (Lipinski definition) is 1. The maximum absolute atomic E-state index is 13.3. The molecule has 1 amide bonds. The average Bonchev–Trinajstić information content (AvgIpc) is 2.61.